The van der Waals surface area contributed by atoms with E-state index in [1.54, 1.807) is 4.90 Å². The first-order valence-electron chi connectivity index (χ1n) is 7.94. The zero-order valence-corrected chi connectivity index (χ0v) is 13.7. The Morgan fingerprint density at radius 2 is 1.70 bits per heavy atom. The van der Waals surface area contributed by atoms with E-state index < -0.39 is 0 Å². The Bertz CT molecular complexity index is 691. The summed E-state index contributed by atoms with van der Waals surface area (Å²) in [6, 6.07) is 3.62. The number of likely N-dealkylation sites (tertiary alicyclic amines) is 2. The lowest BCUT2D eigenvalue weighted by Crippen LogP contribution is -2.62. The molecule has 0 saturated carbocycles. The van der Waals surface area contributed by atoms with E-state index in [1.165, 1.54) is 16.2 Å². The number of fused-ring (bicyclic) bond motifs is 1. The Hall–Kier alpha value is -1.95. The number of allylic oxidation sites excluding steroid dienone is 2. The van der Waals surface area contributed by atoms with Gasteiger partial charge >= 0.3 is 0 Å². The predicted octanol–water partition coefficient (Wildman–Crippen LogP) is 1.83. The average Bonchev–Trinajstić information content (AvgIpc) is 3.04. The SMILES string of the molecule is Cc1ccc(C(=O)N2CC(N3C(=O)C4CC=CCC4C3=O)C2)s1. The summed E-state index contributed by atoms with van der Waals surface area (Å²) in [4.78, 5) is 42.3. The van der Waals surface area contributed by atoms with E-state index in [1.807, 2.05) is 31.2 Å². The van der Waals surface area contributed by atoms with E-state index in [4.69, 9.17) is 0 Å². The Balaban J connectivity index is 1.43. The molecule has 1 aromatic heterocycles. The largest absolute Gasteiger partial charge is 0.334 e. The molecular weight excluding hydrogens is 312 g/mol. The highest BCUT2D eigenvalue weighted by atomic mass is 32.1. The molecule has 2 fully saturated rings. The van der Waals surface area contributed by atoms with Crippen molar-refractivity contribution >= 4 is 29.1 Å². The van der Waals surface area contributed by atoms with Crippen LogP contribution in [0.4, 0.5) is 0 Å². The summed E-state index contributed by atoms with van der Waals surface area (Å²) in [7, 11) is 0. The predicted molar refractivity (Wildman–Crippen MR) is 86.0 cm³/mol. The quantitative estimate of drug-likeness (QED) is 0.614. The molecule has 2 saturated heterocycles. The summed E-state index contributed by atoms with van der Waals surface area (Å²) < 4.78 is 0. The van der Waals surface area contributed by atoms with Crippen molar-refractivity contribution < 1.29 is 14.4 Å². The Kier molecular flexibility index (Phi) is 3.37. The van der Waals surface area contributed by atoms with Crippen molar-refractivity contribution in [1.29, 1.82) is 0 Å². The highest BCUT2D eigenvalue weighted by Gasteiger charge is 2.52. The minimum Gasteiger partial charge on any atom is -0.334 e. The Morgan fingerprint density at radius 1 is 1.09 bits per heavy atom. The minimum atomic E-state index is -0.183. The maximum atomic E-state index is 12.5. The number of hydrogen-bond acceptors (Lipinski definition) is 4. The van der Waals surface area contributed by atoms with E-state index in [9.17, 15) is 14.4 Å². The van der Waals surface area contributed by atoms with E-state index in [0.717, 1.165) is 9.75 Å². The van der Waals surface area contributed by atoms with Gasteiger partial charge in [0.25, 0.3) is 5.91 Å². The second kappa shape index (κ2) is 5.30. The van der Waals surface area contributed by atoms with Crippen LogP contribution in [0.3, 0.4) is 0 Å². The average molecular weight is 330 g/mol. The zero-order chi connectivity index (χ0) is 16.1. The van der Waals surface area contributed by atoms with Gasteiger partial charge in [0.2, 0.25) is 11.8 Å². The van der Waals surface area contributed by atoms with Crippen LogP contribution in [0.1, 0.15) is 27.4 Å². The number of carbonyl (C=O) groups is 3. The fourth-order valence-electron chi connectivity index (χ4n) is 3.68. The van der Waals surface area contributed by atoms with E-state index >= 15 is 0 Å². The van der Waals surface area contributed by atoms with Gasteiger partial charge in [-0.2, -0.15) is 0 Å². The lowest BCUT2D eigenvalue weighted by Gasteiger charge is -2.43. The third-order valence-electron chi connectivity index (χ3n) is 5.01. The molecule has 3 heterocycles. The summed E-state index contributed by atoms with van der Waals surface area (Å²) >= 11 is 1.48. The zero-order valence-electron chi connectivity index (χ0n) is 12.9. The molecule has 4 rings (SSSR count). The second-order valence-corrected chi connectivity index (χ2v) is 7.76. The summed E-state index contributed by atoms with van der Waals surface area (Å²) in [6.45, 7) is 2.89. The van der Waals surface area contributed by atoms with Crippen molar-refractivity contribution in [3.63, 3.8) is 0 Å². The normalized spacial score (nSPS) is 27.3. The van der Waals surface area contributed by atoms with Crippen LogP contribution in [-0.2, 0) is 9.59 Å². The molecule has 6 heteroatoms. The second-order valence-electron chi connectivity index (χ2n) is 6.48. The molecule has 3 aliphatic rings. The molecule has 2 unspecified atom stereocenters. The summed E-state index contributed by atoms with van der Waals surface area (Å²) in [5.74, 6) is -0.464. The number of rotatable bonds is 2. The van der Waals surface area contributed by atoms with Crippen molar-refractivity contribution in [3.8, 4) is 0 Å². The molecule has 1 aliphatic carbocycles. The van der Waals surface area contributed by atoms with Crippen LogP contribution in [0.25, 0.3) is 0 Å². The van der Waals surface area contributed by atoms with Gasteiger partial charge in [0, 0.05) is 18.0 Å². The van der Waals surface area contributed by atoms with Crippen molar-refractivity contribution in [1.82, 2.24) is 9.80 Å². The maximum Gasteiger partial charge on any atom is 0.264 e. The van der Waals surface area contributed by atoms with Gasteiger partial charge in [0.05, 0.1) is 22.8 Å². The highest BCUT2D eigenvalue weighted by molar-refractivity contribution is 7.13. The molecule has 0 bridgehead atoms. The van der Waals surface area contributed by atoms with Crippen molar-refractivity contribution in [2.24, 2.45) is 11.8 Å². The molecule has 5 nitrogen and oxygen atoms in total. The number of imide groups is 1. The number of carbonyl (C=O) groups excluding carboxylic acids is 3. The van der Waals surface area contributed by atoms with Crippen LogP contribution in [0.15, 0.2) is 24.3 Å². The number of aryl methyl sites for hydroxylation is 1. The molecule has 0 N–H and O–H groups in total. The van der Waals surface area contributed by atoms with E-state index in [-0.39, 0.29) is 35.6 Å². The summed E-state index contributed by atoms with van der Waals surface area (Å²) in [5.41, 5.74) is 0. The molecule has 2 aliphatic heterocycles. The minimum absolute atomic E-state index is 0.00229. The first kappa shape index (κ1) is 14.6. The van der Waals surface area contributed by atoms with Crippen LogP contribution in [0.2, 0.25) is 0 Å². The third-order valence-corrected chi connectivity index (χ3v) is 6.00. The molecule has 2 atom stereocenters. The monoisotopic (exact) mass is 330 g/mol. The van der Waals surface area contributed by atoms with E-state index in [0.29, 0.717) is 25.9 Å². The molecule has 120 valence electrons. The van der Waals surface area contributed by atoms with Gasteiger partial charge in [0.15, 0.2) is 0 Å². The van der Waals surface area contributed by atoms with Crippen LogP contribution in [0, 0.1) is 18.8 Å². The Labute approximate surface area is 138 Å². The molecular formula is C17H18N2O3S. The lowest BCUT2D eigenvalue weighted by molar-refractivity contribution is -0.145. The van der Waals surface area contributed by atoms with Gasteiger partial charge in [-0.15, -0.1) is 11.3 Å². The lowest BCUT2D eigenvalue weighted by atomic mass is 9.85. The summed E-state index contributed by atoms with van der Waals surface area (Å²) in [5, 5.41) is 0. The highest BCUT2D eigenvalue weighted by Crippen LogP contribution is 2.37. The van der Waals surface area contributed by atoms with Gasteiger partial charge in [-0.1, -0.05) is 12.2 Å². The van der Waals surface area contributed by atoms with Crippen LogP contribution in [0.5, 0.6) is 0 Å². The molecule has 0 spiro atoms. The van der Waals surface area contributed by atoms with Gasteiger partial charge < -0.3 is 4.90 Å². The molecule has 1 aromatic rings. The number of thiophene rings is 1. The third kappa shape index (κ3) is 2.24. The maximum absolute atomic E-state index is 12.5. The van der Waals surface area contributed by atoms with Gasteiger partial charge in [-0.3, -0.25) is 19.3 Å². The fraction of sp³-hybridized carbons (Fsp3) is 0.471. The van der Waals surface area contributed by atoms with Gasteiger partial charge in [-0.05, 0) is 31.9 Å². The molecule has 0 aromatic carbocycles. The topological polar surface area (TPSA) is 57.7 Å². The molecule has 3 amide bonds. The molecule has 0 radical (unpaired) electrons. The number of amides is 3. The Morgan fingerprint density at radius 3 is 2.22 bits per heavy atom. The van der Waals surface area contributed by atoms with Crippen LogP contribution in [-0.4, -0.2) is 46.7 Å². The molecule has 23 heavy (non-hydrogen) atoms. The van der Waals surface area contributed by atoms with Crippen molar-refractivity contribution in [3.05, 3.63) is 34.0 Å². The van der Waals surface area contributed by atoms with Crippen LogP contribution >= 0.6 is 11.3 Å². The number of nitrogens with zero attached hydrogens (tertiary/aromatic N) is 2. The van der Waals surface area contributed by atoms with E-state index in [2.05, 4.69) is 0 Å². The fourth-order valence-corrected chi connectivity index (χ4v) is 4.51. The van der Waals surface area contributed by atoms with Gasteiger partial charge in [-0.25, -0.2) is 0 Å². The standard InChI is InChI=1S/C17H18N2O3S/c1-10-6-7-14(23-10)17(22)18-8-11(9-18)19-15(20)12-4-2-3-5-13(12)16(19)21/h2-3,6-7,11-13H,4-5,8-9H2,1H3. The number of hydrogen-bond donors (Lipinski definition) is 0. The first-order valence-corrected chi connectivity index (χ1v) is 8.75. The smallest absolute Gasteiger partial charge is 0.264 e. The van der Waals surface area contributed by atoms with Crippen molar-refractivity contribution in [2.75, 3.05) is 13.1 Å². The summed E-state index contributed by atoms with van der Waals surface area (Å²) in [6.07, 6.45) is 5.31. The first-order chi connectivity index (χ1) is 11.1. The van der Waals surface area contributed by atoms with Gasteiger partial charge in [0.1, 0.15) is 0 Å². The van der Waals surface area contributed by atoms with Crippen LogP contribution < -0.4 is 0 Å². The van der Waals surface area contributed by atoms with Crippen molar-refractivity contribution in [2.45, 2.75) is 25.8 Å².